The van der Waals surface area contributed by atoms with Crippen molar-refractivity contribution >= 4 is 6.03 Å². The van der Waals surface area contributed by atoms with Gasteiger partial charge in [0.25, 0.3) is 0 Å². The molecule has 0 aliphatic heterocycles. The molecule has 0 fully saturated rings. The molecule has 20 heavy (non-hydrogen) atoms. The maximum atomic E-state index is 11.9. The topological polar surface area (TPSA) is 61.4 Å². The van der Waals surface area contributed by atoms with Crippen LogP contribution in [0, 0.1) is 5.92 Å². The zero-order valence-corrected chi connectivity index (χ0v) is 12.2. The van der Waals surface area contributed by atoms with Crippen molar-refractivity contribution in [2.75, 3.05) is 6.54 Å². The van der Waals surface area contributed by atoms with Crippen LogP contribution < -0.4 is 10.6 Å². The van der Waals surface area contributed by atoms with E-state index in [4.69, 9.17) is 0 Å². The number of urea groups is 1. The fourth-order valence-electron chi connectivity index (χ4n) is 2.76. The summed E-state index contributed by atoms with van der Waals surface area (Å²) in [7, 11) is 0. The van der Waals surface area contributed by atoms with Gasteiger partial charge in [0.05, 0.1) is 12.1 Å². The molecule has 0 saturated carbocycles. The molecule has 0 bridgehead atoms. The molecule has 0 heterocycles. The van der Waals surface area contributed by atoms with E-state index in [1.54, 1.807) is 0 Å². The summed E-state index contributed by atoms with van der Waals surface area (Å²) in [5.74, 6) is 0.416. The Morgan fingerprint density at radius 1 is 1.45 bits per heavy atom. The zero-order valence-electron chi connectivity index (χ0n) is 12.2. The zero-order chi connectivity index (χ0) is 14.5. The number of carbonyl (C=O) groups is 1. The maximum Gasteiger partial charge on any atom is 0.315 e. The molecule has 110 valence electrons. The molecular formula is C16H24N2O2. The summed E-state index contributed by atoms with van der Waals surface area (Å²) >= 11 is 0. The number of amides is 2. The van der Waals surface area contributed by atoms with Crippen molar-refractivity contribution in [3.05, 3.63) is 35.4 Å². The van der Waals surface area contributed by atoms with Crippen LogP contribution in [0.15, 0.2) is 24.3 Å². The Kier molecular flexibility index (Phi) is 5.01. The maximum absolute atomic E-state index is 11.9. The fourth-order valence-corrected chi connectivity index (χ4v) is 2.76. The number of aliphatic hydroxyl groups excluding tert-OH is 1. The van der Waals surface area contributed by atoms with Crippen molar-refractivity contribution in [1.82, 2.24) is 10.6 Å². The van der Waals surface area contributed by atoms with E-state index in [2.05, 4.69) is 29.7 Å². The minimum atomic E-state index is -0.332. The van der Waals surface area contributed by atoms with Crippen LogP contribution in [-0.4, -0.2) is 23.8 Å². The van der Waals surface area contributed by atoms with Gasteiger partial charge in [-0.1, -0.05) is 38.1 Å². The van der Waals surface area contributed by atoms with Gasteiger partial charge < -0.3 is 15.7 Å². The summed E-state index contributed by atoms with van der Waals surface area (Å²) in [6.07, 6.45) is 1.99. The number of hydrogen-bond acceptors (Lipinski definition) is 2. The molecule has 1 aromatic rings. The van der Waals surface area contributed by atoms with Crippen molar-refractivity contribution in [3.63, 3.8) is 0 Å². The van der Waals surface area contributed by atoms with Gasteiger partial charge in [-0.25, -0.2) is 4.79 Å². The molecule has 4 nitrogen and oxygen atoms in total. The predicted molar refractivity (Wildman–Crippen MR) is 79.5 cm³/mol. The third-order valence-electron chi connectivity index (χ3n) is 4.02. The normalized spacial score (nSPS) is 22.1. The number of fused-ring (bicyclic) bond motifs is 1. The molecular weight excluding hydrogens is 252 g/mol. The Balaban J connectivity index is 1.85. The van der Waals surface area contributed by atoms with Crippen molar-refractivity contribution in [2.45, 2.75) is 45.3 Å². The van der Waals surface area contributed by atoms with Gasteiger partial charge in [0, 0.05) is 6.54 Å². The molecule has 1 aliphatic rings. The first kappa shape index (κ1) is 14.9. The van der Waals surface area contributed by atoms with Crippen LogP contribution in [0.4, 0.5) is 4.79 Å². The van der Waals surface area contributed by atoms with E-state index in [1.165, 1.54) is 11.1 Å². The van der Waals surface area contributed by atoms with E-state index in [0.29, 0.717) is 18.9 Å². The van der Waals surface area contributed by atoms with Crippen LogP contribution in [-0.2, 0) is 6.42 Å². The number of aliphatic hydroxyl groups is 1. The average Bonchev–Trinajstić information content (AvgIpc) is 2.75. The van der Waals surface area contributed by atoms with E-state index in [0.717, 1.165) is 12.8 Å². The second-order valence-electron chi connectivity index (χ2n) is 5.61. The van der Waals surface area contributed by atoms with Gasteiger partial charge in [-0.3, -0.25) is 0 Å². The Morgan fingerprint density at radius 2 is 2.20 bits per heavy atom. The molecule has 4 heteroatoms. The van der Waals surface area contributed by atoms with Gasteiger partial charge in [-0.15, -0.1) is 0 Å². The van der Waals surface area contributed by atoms with E-state index >= 15 is 0 Å². The van der Waals surface area contributed by atoms with Gasteiger partial charge in [-0.2, -0.15) is 0 Å². The van der Waals surface area contributed by atoms with Crippen LogP contribution >= 0.6 is 0 Å². The molecule has 2 rings (SSSR count). The van der Waals surface area contributed by atoms with Gasteiger partial charge >= 0.3 is 6.03 Å². The molecule has 3 N–H and O–H groups in total. The lowest BCUT2D eigenvalue weighted by Crippen LogP contribution is -2.40. The van der Waals surface area contributed by atoms with E-state index < -0.39 is 0 Å². The number of nitrogens with one attached hydrogen (secondary N) is 2. The second-order valence-corrected chi connectivity index (χ2v) is 5.61. The van der Waals surface area contributed by atoms with E-state index in [1.807, 2.05) is 19.1 Å². The number of carbonyl (C=O) groups excluding carboxylic acids is 1. The Bertz CT molecular complexity index is 462. The van der Waals surface area contributed by atoms with Crippen LogP contribution in [0.2, 0.25) is 0 Å². The standard InChI is InChI=1S/C16H24N2O2/c1-3-13(19)8-9-17-16(20)18-15-11(2)10-12-6-4-5-7-14(12)15/h4-7,11,13,15,19H,3,8-10H2,1-2H3,(H2,17,18,20). The summed E-state index contributed by atoms with van der Waals surface area (Å²) in [6, 6.07) is 8.21. The molecule has 3 atom stereocenters. The molecule has 3 unspecified atom stereocenters. The average molecular weight is 276 g/mol. The fraction of sp³-hybridized carbons (Fsp3) is 0.562. The van der Waals surface area contributed by atoms with Crippen LogP contribution in [0.3, 0.4) is 0 Å². The van der Waals surface area contributed by atoms with E-state index in [9.17, 15) is 9.90 Å². The number of rotatable bonds is 5. The van der Waals surface area contributed by atoms with Gasteiger partial charge in [0.2, 0.25) is 0 Å². The highest BCUT2D eigenvalue weighted by Gasteiger charge is 2.29. The summed E-state index contributed by atoms with van der Waals surface area (Å²) < 4.78 is 0. The van der Waals surface area contributed by atoms with Crippen molar-refractivity contribution in [3.8, 4) is 0 Å². The molecule has 0 aromatic heterocycles. The van der Waals surface area contributed by atoms with Gasteiger partial charge in [0.1, 0.15) is 0 Å². The summed E-state index contributed by atoms with van der Waals surface area (Å²) in [5, 5.41) is 15.3. The molecule has 2 amide bonds. The Labute approximate surface area is 120 Å². The number of benzene rings is 1. The quantitative estimate of drug-likeness (QED) is 0.773. The molecule has 1 aromatic carbocycles. The van der Waals surface area contributed by atoms with Crippen molar-refractivity contribution in [2.24, 2.45) is 5.92 Å². The largest absolute Gasteiger partial charge is 0.393 e. The minimum absolute atomic E-state index is 0.0855. The monoisotopic (exact) mass is 276 g/mol. The Morgan fingerprint density at radius 3 is 2.95 bits per heavy atom. The summed E-state index contributed by atoms with van der Waals surface area (Å²) in [5.41, 5.74) is 2.55. The first-order valence-electron chi connectivity index (χ1n) is 7.42. The molecule has 0 saturated heterocycles. The van der Waals surface area contributed by atoms with Crippen LogP contribution in [0.1, 0.15) is 43.9 Å². The summed E-state index contributed by atoms with van der Waals surface area (Å²) in [4.78, 5) is 11.9. The SMILES string of the molecule is CCC(O)CCNC(=O)NC1c2ccccc2CC1C. The van der Waals surface area contributed by atoms with Gasteiger partial charge in [0.15, 0.2) is 0 Å². The highest BCUT2D eigenvalue weighted by molar-refractivity contribution is 5.74. The molecule has 1 aliphatic carbocycles. The third kappa shape index (κ3) is 3.51. The second kappa shape index (κ2) is 6.75. The van der Waals surface area contributed by atoms with Crippen LogP contribution in [0.25, 0.3) is 0 Å². The molecule has 0 radical (unpaired) electrons. The smallest absolute Gasteiger partial charge is 0.315 e. The van der Waals surface area contributed by atoms with Crippen molar-refractivity contribution in [1.29, 1.82) is 0 Å². The van der Waals surface area contributed by atoms with E-state index in [-0.39, 0.29) is 18.2 Å². The molecule has 0 spiro atoms. The first-order valence-corrected chi connectivity index (χ1v) is 7.42. The lowest BCUT2D eigenvalue weighted by Gasteiger charge is -2.19. The Hall–Kier alpha value is -1.55. The number of hydrogen-bond donors (Lipinski definition) is 3. The van der Waals surface area contributed by atoms with Crippen LogP contribution in [0.5, 0.6) is 0 Å². The lowest BCUT2D eigenvalue weighted by molar-refractivity contribution is 0.159. The first-order chi connectivity index (χ1) is 9.61. The highest BCUT2D eigenvalue weighted by atomic mass is 16.3. The predicted octanol–water partition coefficient (Wildman–Crippen LogP) is 2.38. The third-order valence-corrected chi connectivity index (χ3v) is 4.02. The van der Waals surface area contributed by atoms with Gasteiger partial charge in [-0.05, 0) is 36.3 Å². The van der Waals surface area contributed by atoms with Crippen molar-refractivity contribution < 1.29 is 9.90 Å². The minimum Gasteiger partial charge on any atom is -0.393 e. The summed E-state index contributed by atoms with van der Waals surface area (Å²) in [6.45, 7) is 4.59. The highest BCUT2D eigenvalue weighted by Crippen LogP contribution is 2.35. The lowest BCUT2D eigenvalue weighted by atomic mass is 10.0.